The van der Waals surface area contributed by atoms with Crippen molar-refractivity contribution in [3.8, 4) is 0 Å². The molecule has 1 aliphatic rings. The molecule has 0 aliphatic carbocycles. The lowest BCUT2D eigenvalue weighted by molar-refractivity contribution is -0.131. The molecule has 1 N–H and O–H groups in total. The number of hydrogen-bond donors (Lipinski definition) is 1. The maximum Gasteiger partial charge on any atom is 0.227 e. The summed E-state index contributed by atoms with van der Waals surface area (Å²) in [5.74, 6) is 0.606. The Balaban J connectivity index is 1.74. The van der Waals surface area contributed by atoms with E-state index in [4.69, 9.17) is 4.52 Å². The highest BCUT2D eigenvalue weighted by molar-refractivity contribution is 5.80. The van der Waals surface area contributed by atoms with Gasteiger partial charge in [0.05, 0.1) is 48.5 Å². The lowest BCUT2D eigenvalue weighted by Gasteiger charge is -2.24. The van der Waals surface area contributed by atoms with Crippen LogP contribution >= 0.6 is 0 Å². The van der Waals surface area contributed by atoms with Crippen LogP contribution in [-0.4, -0.2) is 38.4 Å². The summed E-state index contributed by atoms with van der Waals surface area (Å²) in [7, 11) is 0. The number of hydrogen-bond acceptors (Lipinski definition) is 6. The normalized spacial score (nSPS) is 16.7. The zero-order chi connectivity index (χ0) is 18.7. The molecule has 0 radical (unpaired) electrons. The van der Waals surface area contributed by atoms with Crippen molar-refractivity contribution >= 4 is 11.8 Å². The second-order valence-electron chi connectivity index (χ2n) is 6.57. The van der Waals surface area contributed by atoms with Crippen molar-refractivity contribution < 1.29 is 14.1 Å². The molecule has 1 fully saturated rings. The van der Waals surface area contributed by atoms with E-state index >= 15 is 0 Å². The van der Waals surface area contributed by atoms with E-state index in [0.717, 1.165) is 29.8 Å². The smallest absolute Gasteiger partial charge is 0.227 e. The van der Waals surface area contributed by atoms with E-state index in [1.807, 2.05) is 18.7 Å². The lowest BCUT2D eigenvalue weighted by Crippen LogP contribution is -2.32. The van der Waals surface area contributed by atoms with Crippen LogP contribution in [0.25, 0.3) is 0 Å². The number of rotatable bonds is 5. The Morgan fingerprint density at radius 3 is 2.85 bits per heavy atom. The van der Waals surface area contributed by atoms with Crippen LogP contribution in [0, 0.1) is 13.8 Å². The number of likely N-dealkylation sites (tertiary alicyclic amines) is 1. The van der Waals surface area contributed by atoms with E-state index in [0.29, 0.717) is 24.5 Å². The third-order valence-electron chi connectivity index (χ3n) is 4.65. The molecule has 138 valence electrons. The molecule has 8 heteroatoms. The fourth-order valence-corrected chi connectivity index (χ4v) is 3.26. The van der Waals surface area contributed by atoms with Crippen LogP contribution in [0.15, 0.2) is 16.9 Å². The van der Waals surface area contributed by atoms with Gasteiger partial charge in [0, 0.05) is 19.0 Å². The highest BCUT2D eigenvalue weighted by atomic mass is 16.5. The summed E-state index contributed by atoms with van der Waals surface area (Å²) >= 11 is 0. The predicted octanol–water partition coefficient (Wildman–Crippen LogP) is 1.62. The van der Waals surface area contributed by atoms with Crippen molar-refractivity contribution in [2.45, 2.75) is 52.6 Å². The first kappa shape index (κ1) is 18.0. The average Bonchev–Trinajstić information content (AvgIpc) is 3.22. The first-order valence-corrected chi connectivity index (χ1v) is 8.72. The summed E-state index contributed by atoms with van der Waals surface area (Å²) in [5, 5.41) is 6.63. The topological polar surface area (TPSA) is 101 Å². The van der Waals surface area contributed by atoms with Crippen LogP contribution in [0.1, 0.15) is 54.2 Å². The Labute approximate surface area is 152 Å². The number of amides is 2. The third-order valence-corrected chi connectivity index (χ3v) is 4.65. The van der Waals surface area contributed by atoms with E-state index in [1.54, 1.807) is 12.4 Å². The molecule has 0 aromatic carbocycles. The SMILES string of the molecule is CC(=O)NCc1cncc([C@H]2CCCN2C(=O)Cc2c(C)noc2C)n1. The molecule has 3 heterocycles. The highest BCUT2D eigenvalue weighted by Crippen LogP contribution is 2.31. The van der Waals surface area contributed by atoms with Gasteiger partial charge < -0.3 is 14.7 Å². The number of carbonyl (C=O) groups excluding carboxylic acids is 2. The van der Waals surface area contributed by atoms with Gasteiger partial charge in [-0.25, -0.2) is 0 Å². The summed E-state index contributed by atoms with van der Waals surface area (Å²) in [6.45, 7) is 6.16. The quantitative estimate of drug-likeness (QED) is 0.873. The van der Waals surface area contributed by atoms with Crippen LogP contribution < -0.4 is 5.32 Å². The largest absolute Gasteiger partial charge is 0.361 e. The molecule has 0 unspecified atom stereocenters. The Morgan fingerprint density at radius 1 is 1.35 bits per heavy atom. The Hall–Kier alpha value is -2.77. The van der Waals surface area contributed by atoms with E-state index in [2.05, 4.69) is 20.4 Å². The average molecular weight is 357 g/mol. The molecule has 3 rings (SSSR count). The zero-order valence-electron chi connectivity index (χ0n) is 15.3. The molecule has 0 spiro atoms. The van der Waals surface area contributed by atoms with Crippen molar-refractivity contribution in [2.75, 3.05) is 6.54 Å². The molecule has 2 aromatic heterocycles. The summed E-state index contributed by atoms with van der Waals surface area (Å²) in [4.78, 5) is 34.6. The number of aromatic nitrogens is 3. The summed E-state index contributed by atoms with van der Waals surface area (Å²) in [5.41, 5.74) is 3.05. The van der Waals surface area contributed by atoms with Gasteiger partial charge in [-0.05, 0) is 26.7 Å². The minimum atomic E-state index is -0.116. The van der Waals surface area contributed by atoms with Gasteiger partial charge in [-0.15, -0.1) is 0 Å². The molecule has 0 bridgehead atoms. The number of aryl methyl sites for hydroxylation is 2. The second kappa shape index (κ2) is 7.63. The predicted molar refractivity (Wildman–Crippen MR) is 92.9 cm³/mol. The fraction of sp³-hybridized carbons (Fsp3) is 0.500. The first-order valence-electron chi connectivity index (χ1n) is 8.72. The molecule has 1 aliphatic heterocycles. The summed E-state index contributed by atoms with van der Waals surface area (Å²) in [6, 6.07) is -0.0900. The summed E-state index contributed by atoms with van der Waals surface area (Å²) in [6.07, 6.45) is 5.38. The van der Waals surface area contributed by atoms with Crippen LogP contribution in [-0.2, 0) is 22.6 Å². The molecular formula is C18H23N5O3. The van der Waals surface area contributed by atoms with E-state index in [-0.39, 0.29) is 24.3 Å². The zero-order valence-corrected chi connectivity index (χ0v) is 15.3. The second-order valence-corrected chi connectivity index (χ2v) is 6.57. The van der Waals surface area contributed by atoms with Crippen molar-refractivity contribution in [1.82, 2.24) is 25.3 Å². The minimum absolute atomic E-state index is 0.0379. The third kappa shape index (κ3) is 3.89. The molecule has 2 aromatic rings. The number of nitrogens with one attached hydrogen (secondary N) is 1. The van der Waals surface area contributed by atoms with E-state index < -0.39 is 0 Å². The Bertz CT molecular complexity index is 797. The van der Waals surface area contributed by atoms with Crippen molar-refractivity contribution in [3.63, 3.8) is 0 Å². The van der Waals surface area contributed by atoms with Gasteiger partial charge in [0.15, 0.2) is 0 Å². The lowest BCUT2D eigenvalue weighted by atomic mass is 10.1. The van der Waals surface area contributed by atoms with E-state index in [1.165, 1.54) is 6.92 Å². The molecule has 0 saturated carbocycles. The van der Waals surface area contributed by atoms with Crippen LogP contribution in [0.2, 0.25) is 0 Å². The molecule has 1 atom stereocenters. The highest BCUT2D eigenvalue weighted by Gasteiger charge is 2.32. The van der Waals surface area contributed by atoms with Gasteiger partial charge in [-0.3, -0.25) is 19.6 Å². The van der Waals surface area contributed by atoms with Gasteiger partial charge in [0.1, 0.15) is 5.76 Å². The van der Waals surface area contributed by atoms with Crippen LogP contribution in [0.4, 0.5) is 0 Å². The van der Waals surface area contributed by atoms with Gasteiger partial charge >= 0.3 is 0 Å². The number of nitrogens with zero attached hydrogens (tertiary/aromatic N) is 4. The standard InChI is InChI=1S/C18H23N5O3/c1-11-15(12(2)26-22-11)7-18(25)23-6-4-5-17(23)16-10-19-8-14(21-16)9-20-13(3)24/h8,10,17H,4-7,9H2,1-3H3,(H,20,24)/t17-/m1/s1. The Kier molecular flexibility index (Phi) is 5.29. The van der Waals surface area contributed by atoms with Gasteiger partial charge in [0.25, 0.3) is 0 Å². The van der Waals surface area contributed by atoms with Crippen molar-refractivity contribution in [1.29, 1.82) is 0 Å². The molecule has 26 heavy (non-hydrogen) atoms. The molecule has 1 saturated heterocycles. The van der Waals surface area contributed by atoms with Crippen LogP contribution in [0.3, 0.4) is 0 Å². The van der Waals surface area contributed by atoms with Gasteiger partial charge in [-0.1, -0.05) is 5.16 Å². The van der Waals surface area contributed by atoms with Gasteiger partial charge in [0.2, 0.25) is 11.8 Å². The van der Waals surface area contributed by atoms with Gasteiger partial charge in [-0.2, -0.15) is 0 Å². The molecule has 2 amide bonds. The van der Waals surface area contributed by atoms with E-state index in [9.17, 15) is 9.59 Å². The fourth-order valence-electron chi connectivity index (χ4n) is 3.26. The minimum Gasteiger partial charge on any atom is -0.361 e. The first-order chi connectivity index (χ1) is 12.5. The van der Waals surface area contributed by atoms with Crippen molar-refractivity contribution in [3.05, 3.63) is 40.8 Å². The maximum absolute atomic E-state index is 12.9. The van der Waals surface area contributed by atoms with Crippen LogP contribution in [0.5, 0.6) is 0 Å². The number of carbonyl (C=O) groups is 2. The van der Waals surface area contributed by atoms with Crippen molar-refractivity contribution in [2.24, 2.45) is 0 Å². The summed E-state index contributed by atoms with van der Waals surface area (Å²) < 4.78 is 5.15. The Morgan fingerprint density at radius 2 is 2.15 bits per heavy atom. The molecular weight excluding hydrogens is 334 g/mol. The monoisotopic (exact) mass is 357 g/mol. The maximum atomic E-state index is 12.9. The molecule has 8 nitrogen and oxygen atoms in total.